The first-order valence-corrected chi connectivity index (χ1v) is 6.62. The molecule has 2 aromatic rings. The van der Waals surface area contributed by atoms with E-state index in [-0.39, 0.29) is 5.82 Å². The van der Waals surface area contributed by atoms with Crippen molar-refractivity contribution in [2.45, 2.75) is 11.4 Å². The van der Waals surface area contributed by atoms with Crippen molar-refractivity contribution in [1.29, 1.82) is 0 Å². The van der Waals surface area contributed by atoms with Crippen LogP contribution in [0.2, 0.25) is 0 Å². The number of aryl methyl sites for hydroxylation is 1. The molecule has 0 unspecified atom stereocenters. The summed E-state index contributed by atoms with van der Waals surface area (Å²) in [5, 5.41) is 2.96. The highest BCUT2D eigenvalue weighted by Gasteiger charge is 2.04. The number of alkyl halides is 1. The fourth-order valence-electron chi connectivity index (χ4n) is 1.41. The Morgan fingerprint density at radius 3 is 2.94 bits per heavy atom. The molecular formula is C12H11FIN3. The molecule has 0 spiro atoms. The van der Waals surface area contributed by atoms with Crippen LogP contribution < -0.4 is 5.32 Å². The van der Waals surface area contributed by atoms with Crippen LogP contribution in [0, 0.1) is 12.7 Å². The summed E-state index contributed by atoms with van der Waals surface area (Å²) in [6.45, 7) is 1.92. The molecule has 0 bridgehead atoms. The number of hydrogen-bond acceptors (Lipinski definition) is 3. The molecule has 1 heterocycles. The lowest BCUT2D eigenvalue weighted by atomic mass is 10.2. The molecule has 0 radical (unpaired) electrons. The van der Waals surface area contributed by atoms with Crippen molar-refractivity contribution in [2.24, 2.45) is 0 Å². The van der Waals surface area contributed by atoms with Crippen molar-refractivity contribution < 1.29 is 4.39 Å². The van der Waals surface area contributed by atoms with Gasteiger partial charge in [0.2, 0.25) is 0 Å². The Labute approximate surface area is 113 Å². The SMILES string of the molecule is Cc1ccc(F)c(Nc2ccnc(CI)n2)c1. The summed E-state index contributed by atoms with van der Waals surface area (Å²) >= 11 is 2.19. The lowest BCUT2D eigenvalue weighted by Gasteiger charge is -2.08. The molecule has 0 saturated heterocycles. The lowest BCUT2D eigenvalue weighted by Crippen LogP contribution is -1.99. The summed E-state index contributed by atoms with van der Waals surface area (Å²) in [6.07, 6.45) is 1.66. The Morgan fingerprint density at radius 2 is 2.18 bits per heavy atom. The summed E-state index contributed by atoms with van der Waals surface area (Å²) in [5.41, 5.74) is 1.43. The van der Waals surface area contributed by atoms with Gasteiger partial charge in [-0.25, -0.2) is 14.4 Å². The minimum absolute atomic E-state index is 0.287. The smallest absolute Gasteiger partial charge is 0.146 e. The Kier molecular flexibility index (Phi) is 3.88. The van der Waals surface area contributed by atoms with Crippen LogP contribution in [-0.2, 0) is 4.43 Å². The first-order valence-electron chi connectivity index (χ1n) is 5.10. The van der Waals surface area contributed by atoms with Gasteiger partial charge in [0.1, 0.15) is 17.5 Å². The molecule has 1 aromatic carbocycles. The van der Waals surface area contributed by atoms with Gasteiger partial charge in [0, 0.05) is 6.20 Å². The highest BCUT2D eigenvalue weighted by Crippen LogP contribution is 2.19. The third kappa shape index (κ3) is 3.12. The quantitative estimate of drug-likeness (QED) is 0.684. The second-order valence-corrected chi connectivity index (χ2v) is 4.36. The zero-order valence-corrected chi connectivity index (χ0v) is 11.4. The molecule has 0 saturated carbocycles. The molecule has 0 aliphatic heterocycles. The average Bonchev–Trinajstić information content (AvgIpc) is 2.34. The van der Waals surface area contributed by atoms with Crippen molar-refractivity contribution in [3.63, 3.8) is 0 Å². The maximum Gasteiger partial charge on any atom is 0.146 e. The highest BCUT2D eigenvalue weighted by molar-refractivity contribution is 14.1. The molecule has 0 atom stereocenters. The second kappa shape index (κ2) is 5.39. The van der Waals surface area contributed by atoms with Gasteiger partial charge in [-0.2, -0.15) is 0 Å². The van der Waals surface area contributed by atoms with Crippen LogP contribution in [0.25, 0.3) is 0 Å². The van der Waals surface area contributed by atoms with Gasteiger partial charge in [0.25, 0.3) is 0 Å². The predicted molar refractivity (Wildman–Crippen MR) is 74.2 cm³/mol. The van der Waals surface area contributed by atoms with Crippen LogP contribution in [0.4, 0.5) is 15.9 Å². The summed E-state index contributed by atoms with van der Waals surface area (Å²) in [6, 6.07) is 6.65. The van der Waals surface area contributed by atoms with Crippen LogP contribution in [0.15, 0.2) is 30.5 Å². The number of hydrogen-bond donors (Lipinski definition) is 1. The largest absolute Gasteiger partial charge is 0.338 e. The Bertz CT molecular complexity index is 531. The molecule has 17 heavy (non-hydrogen) atoms. The first kappa shape index (κ1) is 12.2. The van der Waals surface area contributed by atoms with Crippen molar-refractivity contribution in [1.82, 2.24) is 9.97 Å². The van der Waals surface area contributed by atoms with E-state index in [1.54, 1.807) is 24.4 Å². The van der Waals surface area contributed by atoms with E-state index >= 15 is 0 Å². The molecule has 1 N–H and O–H groups in total. The van der Waals surface area contributed by atoms with Gasteiger partial charge in [-0.05, 0) is 30.7 Å². The van der Waals surface area contributed by atoms with Crippen LogP contribution in [0.3, 0.4) is 0 Å². The summed E-state index contributed by atoms with van der Waals surface area (Å²) in [5.74, 6) is 1.05. The van der Waals surface area contributed by atoms with E-state index in [4.69, 9.17) is 0 Å². The normalized spacial score (nSPS) is 10.3. The summed E-state index contributed by atoms with van der Waals surface area (Å²) in [4.78, 5) is 8.35. The van der Waals surface area contributed by atoms with Gasteiger partial charge >= 0.3 is 0 Å². The minimum atomic E-state index is -0.287. The molecule has 88 valence electrons. The van der Waals surface area contributed by atoms with Crippen LogP contribution in [-0.4, -0.2) is 9.97 Å². The molecule has 5 heteroatoms. The molecule has 3 nitrogen and oxygen atoms in total. The number of aromatic nitrogens is 2. The Morgan fingerprint density at radius 1 is 1.35 bits per heavy atom. The van der Waals surface area contributed by atoms with Crippen LogP contribution in [0.5, 0.6) is 0 Å². The number of rotatable bonds is 3. The van der Waals surface area contributed by atoms with E-state index in [1.165, 1.54) is 6.07 Å². The van der Waals surface area contributed by atoms with E-state index in [2.05, 4.69) is 37.9 Å². The fourth-order valence-corrected chi connectivity index (χ4v) is 1.77. The topological polar surface area (TPSA) is 37.8 Å². The molecular weight excluding hydrogens is 332 g/mol. The van der Waals surface area contributed by atoms with Gasteiger partial charge in [-0.3, -0.25) is 0 Å². The van der Waals surface area contributed by atoms with Crippen molar-refractivity contribution in [2.75, 3.05) is 5.32 Å². The number of halogens is 2. The second-order valence-electron chi connectivity index (χ2n) is 3.60. The molecule has 2 rings (SSSR count). The van der Waals surface area contributed by atoms with E-state index < -0.39 is 0 Å². The highest BCUT2D eigenvalue weighted by atomic mass is 127. The Balaban J connectivity index is 2.27. The maximum atomic E-state index is 13.5. The van der Waals surface area contributed by atoms with E-state index in [0.29, 0.717) is 11.5 Å². The van der Waals surface area contributed by atoms with Gasteiger partial charge < -0.3 is 5.32 Å². The van der Waals surface area contributed by atoms with Crippen molar-refractivity contribution in [3.05, 3.63) is 47.7 Å². The van der Waals surface area contributed by atoms with E-state index in [0.717, 1.165) is 15.8 Å². The van der Waals surface area contributed by atoms with Crippen molar-refractivity contribution >= 4 is 34.1 Å². The number of anilines is 2. The average molecular weight is 343 g/mol. The molecule has 0 fully saturated rings. The molecule has 1 aromatic heterocycles. The zero-order valence-electron chi connectivity index (χ0n) is 9.24. The van der Waals surface area contributed by atoms with E-state index in [9.17, 15) is 4.39 Å². The zero-order chi connectivity index (χ0) is 12.3. The van der Waals surface area contributed by atoms with E-state index in [1.807, 2.05) is 6.92 Å². The number of benzene rings is 1. The van der Waals surface area contributed by atoms with Gasteiger partial charge in [0.15, 0.2) is 0 Å². The monoisotopic (exact) mass is 343 g/mol. The summed E-state index contributed by atoms with van der Waals surface area (Å²) in [7, 11) is 0. The third-order valence-electron chi connectivity index (χ3n) is 2.21. The van der Waals surface area contributed by atoms with Gasteiger partial charge in [-0.15, -0.1) is 0 Å². The molecule has 0 amide bonds. The summed E-state index contributed by atoms with van der Waals surface area (Å²) < 4.78 is 14.3. The first-order chi connectivity index (χ1) is 8.19. The third-order valence-corrected chi connectivity index (χ3v) is 2.89. The number of nitrogens with one attached hydrogen (secondary N) is 1. The molecule has 0 aliphatic rings. The minimum Gasteiger partial charge on any atom is -0.338 e. The van der Waals surface area contributed by atoms with Crippen LogP contribution >= 0.6 is 22.6 Å². The maximum absolute atomic E-state index is 13.5. The number of nitrogens with zero attached hydrogens (tertiary/aromatic N) is 2. The van der Waals surface area contributed by atoms with Crippen molar-refractivity contribution in [3.8, 4) is 0 Å². The Hall–Kier alpha value is -1.24. The van der Waals surface area contributed by atoms with Gasteiger partial charge in [0.05, 0.1) is 10.1 Å². The molecule has 0 aliphatic carbocycles. The van der Waals surface area contributed by atoms with Gasteiger partial charge in [-0.1, -0.05) is 28.7 Å². The lowest BCUT2D eigenvalue weighted by molar-refractivity contribution is 0.631. The van der Waals surface area contributed by atoms with Crippen LogP contribution in [0.1, 0.15) is 11.4 Å². The fraction of sp³-hybridized carbons (Fsp3) is 0.167. The predicted octanol–water partition coefficient (Wildman–Crippen LogP) is 3.60. The standard InChI is InChI=1S/C12H11FIN3/c1-8-2-3-9(13)10(6-8)16-11-4-5-15-12(7-14)17-11/h2-6H,7H2,1H3,(H,15,16,17).